The third-order valence-electron chi connectivity index (χ3n) is 4.77. The fourth-order valence-corrected chi connectivity index (χ4v) is 3.39. The maximum atomic E-state index is 12.4. The van der Waals surface area contributed by atoms with Crippen LogP contribution in [0.25, 0.3) is 5.69 Å². The van der Waals surface area contributed by atoms with Gasteiger partial charge in [-0.15, -0.1) is 0 Å². The van der Waals surface area contributed by atoms with E-state index in [1.165, 1.54) is 0 Å². The van der Waals surface area contributed by atoms with Crippen LogP contribution in [0, 0.1) is 0 Å². The van der Waals surface area contributed by atoms with Gasteiger partial charge in [0.25, 0.3) is 5.91 Å². The number of ether oxygens (including phenoxy) is 2. The Labute approximate surface area is 167 Å². The molecular weight excluding hydrogens is 372 g/mol. The molecule has 0 aliphatic carbocycles. The number of nitrogens with two attached hydrogens (primary N) is 1. The van der Waals surface area contributed by atoms with Gasteiger partial charge in [0.15, 0.2) is 6.61 Å². The highest BCUT2D eigenvalue weighted by Crippen LogP contribution is 2.38. The number of benzene rings is 2. The molecule has 0 fully saturated rings. The number of fused-ring (bicyclic) bond motifs is 1. The molecular formula is C21H20N4O4. The van der Waals surface area contributed by atoms with Crippen molar-refractivity contribution in [3.05, 3.63) is 66.1 Å². The van der Waals surface area contributed by atoms with Gasteiger partial charge in [0.05, 0.1) is 18.5 Å². The van der Waals surface area contributed by atoms with Crippen LogP contribution < -0.4 is 20.5 Å². The summed E-state index contributed by atoms with van der Waals surface area (Å²) in [5.41, 5.74) is 7.66. The van der Waals surface area contributed by atoms with Crippen LogP contribution in [0.3, 0.4) is 0 Å². The molecule has 1 atom stereocenters. The van der Waals surface area contributed by atoms with Crippen LogP contribution in [-0.2, 0) is 9.59 Å². The molecule has 1 aliphatic heterocycles. The van der Waals surface area contributed by atoms with Crippen LogP contribution in [0.15, 0.2) is 54.9 Å². The smallest absolute Gasteiger partial charge is 0.255 e. The minimum absolute atomic E-state index is 0.0822. The molecule has 1 aromatic heterocycles. The van der Waals surface area contributed by atoms with E-state index >= 15 is 0 Å². The molecule has 29 heavy (non-hydrogen) atoms. The molecule has 8 nitrogen and oxygen atoms in total. The topological polar surface area (TPSA) is 108 Å². The fourth-order valence-electron chi connectivity index (χ4n) is 3.39. The largest absolute Gasteiger partial charge is 0.497 e. The summed E-state index contributed by atoms with van der Waals surface area (Å²) < 4.78 is 12.4. The monoisotopic (exact) mass is 392 g/mol. The molecule has 1 aliphatic rings. The minimum Gasteiger partial charge on any atom is -0.497 e. The van der Waals surface area contributed by atoms with Crippen molar-refractivity contribution in [2.75, 3.05) is 19.0 Å². The van der Waals surface area contributed by atoms with Crippen LogP contribution in [-0.4, -0.2) is 35.1 Å². The highest BCUT2D eigenvalue weighted by molar-refractivity contribution is 5.94. The average molecular weight is 392 g/mol. The van der Waals surface area contributed by atoms with Crippen molar-refractivity contribution < 1.29 is 19.1 Å². The number of nitrogens with zero attached hydrogens (tertiary/aromatic N) is 2. The van der Waals surface area contributed by atoms with Gasteiger partial charge in [-0.2, -0.15) is 0 Å². The molecule has 0 saturated carbocycles. The summed E-state index contributed by atoms with van der Waals surface area (Å²) in [5, 5.41) is 2.93. The Bertz CT molecular complexity index is 1060. The Morgan fingerprint density at radius 3 is 2.76 bits per heavy atom. The Morgan fingerprint density at radius 1 is 1.24 bits per heavy atom. The quantitative estimate of drug-likeness (QED) is 0.669. The molecule has 0 bridgehead atoms. The molecule has 2 aromatic carbocycles. The number of hydrogen-bond donors (Lipinski definition) is 2. The summed E-state index contributed by atoms with van der Waals surface area (Å²) in [6.45, 7) is -0.180. The zero-order valence-electron chi connectivity index (χ0n) is 15.8. The summed E-state index contributed by atoms with van der Waals surface area (Å²) in [6, 6.07) is 14.8. The number of methoxy groups -OCH3 is 1. The molecule has 3 N–H and O–H groups in total. The third-order valence-corrected chi connectivity index (χ3v) is 4.77. The zero-order chi connectivity index (χ0) is 20.4. The van der Waals surface area contributed by atoms with Crippen molar-refractivity contribution in [1.29, 1.82) is 0 Å². The maximum Gasteiger partial charge on any atom is 0.255 e. The summed E-state index contributed by atoms with van der Waals surface area (Å²) in [7, 11) is 1.61. The molecule has 0 unspecified atom stereocenters. The Balaban J connectivity index is 1.66. The second-order valence-corrected chi connectivity index (χ2v) is 6.68. The van der Waals surface area contributed by atoms with Gasteiger partial charge in [-0.1, -0.05) is 18.2 Å². The van der Waals surface area contributed by atoms with Gasteiger partial charge in [-0.3, -0.25) is 14.2 Å². The predicted molar refractivity (Wildman–Crippen MR) is 106 cm³/mol. The van der Waals surface area contributed by atoms with E-state index in [4.69, 9.17) is 15.2 Å². The van der Waals surface area contributed by atoms with Gasteiger partial charge in [-0.25, -0.2) is 4.98 Å². The lowest BCUT2D eigenvalue weighted by Gasteiger charge is -2.23. The van der Waals surface area contributed by atoms with Gasteiger partial charge < -0.3 is 20.5 Å². The molecule has 148 valence electrons. The van der Waals surface area contributed by atoms with Crippen LogP contribution in [0.1, 0.15) is 23.6 Å². The van der Waals surface area contributed by atoms with E-state index in [9.17, 15) is 9.59 Å². The molecule has 0 radical (unpaired) electrons. The normalized spacial score (nSPS) is 15.3. The molecule has 3 aromatic rings. The summed E-state index contributed by atoms with van der Waals surface area (Å²) in [5.74, 6) is 1.10. The number of aromatic nitrogens is 2. The lowest BCUT2D eigenvalue weighted by molar-refractivity contribution is -0.120. The molecule has 0 spiro atoms. The van der Waals surface area contributed by atoms with E-state index in [1.807, 2.05) is 41.0 Å². The van der Waals surface area contributed by atoms with E-state index in [0.29, 0.717) is 18.0 Å². The third kappa shape index (κ3) is 3.77. The van der Waals surface area contributed by atoms with Crippen molar-refractivity contribution in [1.82, 2.24) is 9.55 Å². The standard InChI is InChI=1S/C21H20N4O4/c1-28-16-4-2-3-14(9-16)25-12-23-20-17(10-19(27)24-21(20)25)13-5-7-15(8-6-13)29-11-18(22)26/h2-9,12,17H,10-11H2,1H3,(H2,22,26)(H,24,27)/t17-/m1/s1. The number of imidazole rings is 1. The summed E-state index contributed by atoms with van der Waals surface area (Å²) in [6.07, 6.45) is 1.99. The number of rotatable bonds is 6. The highest BCUT2D eigenvalue weighted by Gasteiger charge is 2.31. The number of carbonyl (C=O) groups is 2. The number of nitrogens with one attached hydrogen (secondary N) is 1. The number of carbonyl (C=O) groups excluding carboxylic acids is 2. The van der Waals surface area contributed by atoms with Gasteiger partial charge >= 0.3 is 0 Å². The van der Waals surface area contributed by atoms with Gasteiger partial charge in [0.1, 0.15) is 23.6 Å². The van der Waals surface area contributed by atoms with E-state index in [-0.39, 0.29) is 18.4 Å². The molecule has 8 heteroatoms. The van der Waals surface area contributed by atoms with E-state index < -0.39 is 5.91 Å². The van der Waals surface area contributed by atoms with Crippen LogP contribution in [0.5, 0.6) is 11.5 Å². The van der Waals surface area contributed by atoms with Crippen molar-refractivity contribution in [3.8, 4) is 17.2 Å². The van der Waals surface area contributed by atoms with Crippen LogP contribution >= 0.6 is 0 Å². The first-order chi connectivity index (χ1) is 14.0. The number of amides is 2. The first-order valence-corrected chi connectivity index (χ1v) is 9.07. The van der Waals surface area contributed by atoms with Gasteiger partial charge in [0, 0.05) is 18.4 Å². The SMILES string of the molecule is COc1cccc(-n2cnc3c2NC(=O)C[C@@H]3c2ccc(OCC(N)=O)cc2)c1. The van der Waals surface area contributed by atoms with Crippen molar-refractivity contribution in [3.63, 3.8) is 0 Å². The van der Waals surface area contributed by atoms with Crippen molar-refractivity contribution in [2.45, 2.75) is 12.3 Å². The van der Waals surface area contributed by atoms with E-state index in [1.54, 1.807) is 25.6 Å². The number of primary amides is 1. The van der Waals surface area contributed by atoms with Crippen LogP contribution in [0.4, 0.5) is 5.82 Å². The fraction of sp³-hybridized carbons (Fsp3) is 0.190. The first-order valence-electron chi connectivity index (χ1n) is 9.07. The molecule has 2 amide bonds. The van der Waals surface area contributed by atoms with E-state index in [2.05, 4.69) is 10.3 Å². The van der Waals surface area contributed by atoms with E-state index in [0.717, 1.165) is 22.7 Å². The first kappa shape index (κ1) is 18.5. The number of anilines is 1. The minimum atomic E-state index is -0.536. The highest BCUT2D eigenvalue weighted by atomic mass is 16.5. The second-order valence-electron chi connectivity index (χ2n) is 6.68. The Kier molecular flexibility index (Phi) is 4.90. The second kappa shape index (κ2) is 7.67. The lowest BCUT2D eigenvalue weighted by atomic mass is 9.90. The number of hydrogen-bond acceptors (Lipinski definition) is 5. The summed E-state index contributed by atoms with van der Waals surface area (Å²) in [4.78, 5) is 27.8. The Hall–Kier alpha value is -3.81. The van der Waals surface area contributed by atoms with Gasteiger partial charge in [-0.05, 0) is 29.8 Å². The van der Waals surface area contributed by atoms with Crippen molar-refractivity contribution >= 4 is 17.6 Å². The van der Waals surface area contributed by atoms with Crippen LogP contribution in [0.2, 0.25) is 0 Å². The average Bonchev–Trinajstić information content (AvgIpc) is 3.16. The van der Waals surface area contributed by atoms with Gasteiger partial charge in [0.2, 0.25) is 5.91 Å². The zero-order valence-corrected chi connectivity index (χ0v) is 15.8. The molecule has 0 saturated heterocycles. The maximum absolute atomic E-state index is 12.4. The molecule has 2 heterocycles. The Morgan fingerprint density at radius 2 is 2.03 bits per heavy atom. The molecule has 4 rings (SSSR count). The summed E-state index contributed by atoms with van der Waals surface area (Å²) >= 11 is 0. The lowest BCUT2D eigenvalue weighted by Crippen LogP contribution is -2.25. The van der Waals surface area contributed by atoms with Crippen molar-refractivity contribution in [2.24, 2.45) is 5.73 Å². The predicted octanol–water partition coefficient (Wildman–Crippen LogP) is 2.22.